The Balaban J connectivity index is 2.07. The van der Waals surface area contributed by atoms with E-state index in [1.54, 1.807) is 0 Å². The van der Waals surface area contributed by atoms with Crippen LogP contribution in [0.2, 0.25) is 0 Å². The number of unbranched alkanes of at least 4 members (excludes halogenated alkanes) is 1. The highest BCUT2D eigenvalue weighted by molar-refractivity contribution is 5.38. The summed E-state index contributed by atoms with van der Waals surface area (Å²) in [5.41, 5.74) is 5.61. The van der Waals surface area contributed by atoms with Crippen LogP contribution in [0, 0.1) is 6.92 Å². The summed E-state index contributed by atoms with van der Waals surface area (Å²) in [6, 6.07) is 31.2. The molecule has 0 amide bonds. The van der Waals surface area contributed by atoms with Gasteiger partial charge >= 0.3 is 0 Å². The maximum absolute atomic E-state index is 2.33. The van der Waals surface area contributed by atoms with Gasteiger partial charge in [0.1, 0.15) is 0 Å². The smallest absolute Gasteiger partial charge is 0.0158 e. The van der Waals surface area contributed by atoms with Crippen LogP contribution in [0.5, 0.6) is 0 Å². The zero-order valence-electron chi connectivity index (χ0n) is 15.4. The van der Waals surface area contributed by atoms with Crippen molar-refractivity contribution in [2.45, 2.75) is 44.9 Å². The minimum atomic E-state index is 0.400. The molecule has 0 aliphatic heterocycles. The monoisotopic (exact) mass is 328 g/mol. The molecule has 0 saturated heterocycles. The average Bonchev–Trinajstić information content (AvgIpc) is 2.67. The van der Waals surface area contributed by atoms with Crippen LogP contribution in [-0.2, 0) is 0 Å². The first-order chi connectivity index (χ1) is 12.3. The van der Waals surface area contributed by atoms with Gasteiger partial charge in [-0.3, -0.25) is 0 Å². The molecular weight excluding hydrogens is 300 g/mol. The Hall–Kier alpha value is -2.34. The van der Waals surface area contributed by atoms with Crippen LogP contribution in [0.1, 0.15) is 60.3 Å². The fourth-order valence-corrected chi connectivity index (χ4v) is 3.74. The van der Waals surface area contributed by atoms with Gasteiger partial charge in [0, 0.05) is 5.92 Å². The molecule has 0 aromatic heterocycles. The van der Waals surface area contributed by atoms with Crippen LogP contribution in [0.3, 0.4) is 0 Å². The third-order valence-corrected chi connectivity index (χ3v) is 5.09. The Labute approximate surface area is 152 Å². The zero-order chi connectivity index (χ0) is 17.5. The summed E-state index contributed by atoms with van der Waals surface area (Å²) in [5.74, 6) is 0.905. The number of benzene rings is 3. The third-order valence-electron chi connectivity index (χ3n) is 5.09. The van der Waals surface area contributed by atoms with E-state index in [2.05, 4.69) is 98.8 Å². The molecule has 0 spiro atoms. The van der Waals surface area contributed by atoms with Gasteiger partial charge < -0.3 is 0 Å². The molecule has 0 nitrogen and oxygen atoms in total. The van der Waals surface area contributed by atoms with Crippen molar-refractivity contribution >= 4 is 0 Å². The van der Waals surface area contributed by atoms with Crippen LogP contribution in [0.25, 0.3) is 0 Å². The van der Waals surface area contributed by atoms with E-state index in [0.717, 1.165) is 0 Å². The van der Waals surface area contributed by atoms with Crippen LogP contribution in [0.15, 0.2) is 84.9 Å². The number of hydrogen-bond acceptors (Lipinski definition) is 0. The fourth-order valence-electron chi connectivity index (χ4n) is 3.74. The van der Waals surface area contributed by atoms with E-state index in [1.165, 1.54) is 41.5 Å². The number of aryl methyl sites for hydroxylation is 1. The molecule has 25 heavy (non-hydrogen) atoms. The molecule has 0 heteroatoms. The van der Waals surface area contributed by atoms with Crippen LogP contribution in [0.4, 0.5) is 0 Å². The van der Waals surface area contributed by atoms with E-state index in [9.17, 15) is 0 Å². The molecule has 1 unspecified atom stereocenters. The quantitative estimate of drug-likeness (QED) is 0.434. The highest BCUT2D eigenvalue weighted by Gasteiger charge is 2.25. The molecule has 0 bridgehead atoms. The van der Waals surface area contributed by atoms with E-state index in [1.807, 2.05) is 0 Å². The Bertz CT molecular complexity index is 702. The van der Waals surface area contributed by atoms with Gasteiger partial charge in [-0.05, 0) is 36.0 Å². The van der Waals surface area contributed by atoms with Crippen LogP contribution >= 0.6 is 0 Å². The first-order valence-electron chi connectivity index (χ1n) is 9.46. The average molecular weight is 328 g/mol. The molecule has 1 atom stereocenters. The predicted octanol–water partition coefficient (Wildman–Crippen LogP) is 7.10. The van der Waals surface area contributed by atoms with Gasteiger partial charge in [0.25, 0.3) is 0 Å². The lowest BCUT2D eigenvalue weighted by Gasteiger charge is -2.29. The van der Waals surface area contributed by atoms with Crippen molar-refractivity contribution in [3.63, 3.8) is 0 Å². The van der Waals surface area contributed by atoms with Gasteiger partial charge in [0.2, 0.25) is 0 Å². The van der Waals surface area contributed by atoms with Gasteiger partial charge in [0.05, 0.1) is 0 Å². The Morgan fingerprint density at radius 2 is 1.16 bits per heavy atom. The maximum atomic E-state index is 2.33. The Kier molecular flexibility index (Phi) is 6.06. The summed E-state index contributed by atoms with van der Waals surface area (Å²) >= 11 is 0. The van der Waals surface area contributed by atoms with E-state index in [0.29, 0.717) is 11.8 Å². The minimum absolute atomic E-state index is 0.400. The summed E-state index contributed by atoms with van der Waals surface area (Å²) in [6.45, 7) is 4.45. The van der Waals surface area contributed by atoms with Crippen molar-refractivity contribution in [1.29, 1.82) is 0 Å². The third kappa shape index (κ3) is 4.39. The molecule has 3 aromatic rings. The number of hydrogen-bond donors (Lipinski definition) is 0. The fraction of sp³-hybridized carbons (Fsp3) is 0.280. The molecular formula is C25H28. The Morgan fingerprint density at radius 3 is 1.64 bits per heavy atom. The van der Waals surface area contributed by atoms with E-state index >= 15 is 0 Å². The molecule has 0 aliphatic carbocycles. The van der Waals surface area contributed by atoms with Crippen molar-refractivity contribution in [1.82, 2.24) is 0 Å². The maximum Gasteiger partial charge on any atom is 0.0158 e. The molecule has 0 saturated carbocycles. The molecule has 0 aliphatic rings. The minimum Gasteiger partial charge on any atom is -0.0654 e. The second kappa shape index (κ2) is 8.67. The standard InChI is InChI=1S/C25H28/c1-3-4-15-24(21-18-16-20(2)17-19-21)25(22-11-7-5-8-12-22)23-13-9-6-10-14-23/h5-14,16-19,24-25H,3-4,15H2,1-2H3. The largest absolute Gasteiger partial charge is 0.0654 e. The van der Waals surface area contributed by atoms with Gasteiger partial charge in [-0.15, -0.1) is 0 Å². The first-order valence-corrected chi connectivity index (χ1v) is 9.46. The van der Waals surface area contributed by atoms with Gasteiger partial charge in [-0.25, -0.2) is 0 Å². The lowest BCUT2D eigenvalue weighted by molar-refractivity contribution is 0.531. The van der Waals surface area contributed by atoms with E-state index in [-0.39, 0.29) is 0 Å². The lowest BCUT2D eigenvalue weighted by atomic mass is 9.75. The summed E-state index contributed by atoms with van der Waals surface area (Å²) in [7, 11) is 0. The summed E-state index contributed by atoms with van der Waals surface area (Å²) < 4.78 is 0. The van der Waals surface area contributed by atoms with E-state index < -0.39 is 0 Å². The van der Waals surface area contributed by atoms with Crippen LogP contribution < -0.4 is 0 Å². The highest BCUT2D eigenvalue weighted by atomic mass is 14.3. The predicted molar refractivity (Wildman–Crippen MR) is 108 cm³/mol. The zero-order valence-corrected chi connectivity index (χ0v) is 15.4. The molecule has 0 radical (unpaired) electrons. The highest BCUT2D eigenvalue weighted by Crippen LogP contribution is 2.41. The Morgan fingerprint density at radius 1 is 0.640 bits per heavy atom. The van der Waals surface area contributed by atoms with Gasteiger partial charge in [0.15, 0.2) is 0 Å². The number of rotatable bonds is 7. The van der Waals surface area contributed by atoms with E-state index in [4.69, 9.17) is 0 Å². The van der Waals surface area contributed by atoms with Crippen molar-refractivity contribution in [3.05, 3.63) is 107 Å². The molecule has 0 N–H and O–H groups in total. The van der Waals surface area contributed by atoms with Crippen molar-refractivity contribution < 1.29 is 0 Å². The van der Waals surface area contributed by atoms with Gasteiger partial charge in [-0.2, -0.15) is 0 Å². The first kappa shape index (κ1) is 17.5. The molecule has 0 fully saturated rings. The lowest BCUT2D eigenvalue weighted by Crippen LogP contribution is -2.13. The second-order valence-corrected chi connectivity index (χ2v) is 6.96. The summed E-state index contributed by atoms with van der Waals surface area (Å²) in [5, 5.41) is 0. The van der Waals surface area contributed by atoms with Crippen molar-refractivity contribution in [3.8, 4) is 0 Å². The van der Waals surface area contributed by atoms with Gasteiger partial charge in [-0.1, -0.05) is 110 Å². The molecule has 128 valence electrons. The summed E-state index contributed by atoms with van der Waals surface area (Å²) in [6.07, 6.45) is 3.71. The normalized spacial score (nSPS) is 12.3. The van der Waals surface area contributed by atoms with Crippen molar-refractivity contribution in [2.24, 2.45) is 0 Å². The summed E-state index contributed by atoms with van der Waals surface area (Å²) in [4.78, 5) is 0. The van der Waals surface area contributed by atoms with Crippen molar-refractivity contribution in [2.75, 3.05) is 0 Å². The molecule has 0 heterocycles. The van der Waals surface area contributed by atoms with Crippen LogP contribution in [-0.4, -0.2) is 0 Å². The molecule has 3 rings (SSSR count). The second-order valence-electron chi connectivity index (χ2n) is 6.96. The molecule has 3 aromatic carbocycles. The SMILES string of the molecule is CCCCC(c1ccc(C)cc1)C(c1ccccc1)c1ccccc1. The topological polar surface area (TPSA) is 0 Å².